The number of hydrogen-bond donors (Lipinski definition) is 1. The first-order chi connectivity index (χ1) is 8.81. The van der Waals surface area contributed by atoms with E-state index < -0.39 is 0 Å². The van der Waals surface area contributed by atoms with Gasteiger partial charge in [0.15, 0.2) is 0 Å². The minimum atomic E-state index is 0. The lowest BCUT2D eigenvalue weighted by Crippen LogP contribution is -2.48. The van der Waals surface area contributed by atoms with Gasteiger partial charge in [0.2, 0.25) is 5.89 Å². The van der Waals surface area contributed by atoms with Gasteiger partial charge in [-0.25, -0.2) is 4.98 Å². The lowest BCUT2D eigenvalue weighted by molar-refractivity contribution is 0.197. The van der Waals surface area contributed by atoms with E-state index in [1.807, 2.05) is 17.5 Å². The second-order valence-corrected chi connectivity index (χ2v) is 5.66. The molecule has 0 bridgehead atoms. The van der Waals surface area contributed by atoms with Gasteiger partial charge in [0.1, 0.15) is 6.26 Å². The molecule has 0 amide bonds. The average Bonchev–Trinajstić information content (AvgIpc) is 2.98. The highest BCUT2D eigenvalue weighted by atomic mass is 35.5. The Balaban J connectivity index is 0.000001000. The molecule has 0 radical (unpaired) electrons. The van der Waals surface area contributed by atoms with Crippen molar-refractivity contribution in [2.24, 2.45) is 0 Å². The molecule has 3 rings (SSSR count). The molecule has 2 aromatic rings. The topological polar surface area (TPSA) is 41.3 Å². The molecule has 2 aromatic heterocycles. The number of piperazine rings is 1. The van der Waals surface area contributed by atoms with Crippen molar-refractivity contribution in [2.45, 2.75) is 19.5 Å². The summed E-state index contributed by atoms with van der Waals surface area (Å²) in [4.78, 5) is 8.06. The molecule has 0 aromatic carbocycles. The van der Waals surface area contributed by atoms with Gasteiger partial charge in [-0.3, -0.25) is 4.90 Å². The monoisotopic (exact) mass is 335 g/mol. The molecule has 1 aliphatic rings. The molecule has 0 aliphatic carbocycles. The van der Waals surface area contributed by atoms with Crippen LogP contribution >= 0.6 is 36.2 Å². The summed E-state index contributed by atoms with van der Waals surface area (Å²) < 4.78 is 5.53. The molecule has 4 nitrogen and oxygen atoms in total. The molecule has 1 unspecified atom stereocenters. The summed E-state index contributed by atoms with van der Waals surface area (Å²) in [5.41, 5.74) is 1.02. The Morgan fingerprint density at radius 1 is 1.50 bits per heavy atom. The lowest BCUT2D eigenvalue weighted by Gasteiger charge is -2.31. The van der Waals surface area contributed by atoms with Crippen LogP contribution in [-0.2, 0) is 6.54 Å². The van der Waals surface area contributed by atoms with Crippen LogP contribution in [0.4, 0.5) is 0 Å². The molecule has 20 heavy (non-hydrogen) atoms. The van der Waals surface area contributed by atoms with Gasteiger partial charge >= 0.3 is 0 Å². The first-order valence-electron chi connectivity index (χ1n) is 6.25. The summed E-state index contributed by atoms with van der Waals surface area (Å²) in [7, 11) is 0. The van der Waals surface area contributed by atoms with Crippen molar-refractivity contribution in [3.8, 4) is 10.8 Å². The number of thiophene rings is 1. The standard InChI is InChI=1S/C13H17N3OS.2ClH/c1-10-7-16(5-4-14-10)8-11-9-17-13(15-11)12-3-2-6-18-12;;/h2-3,6,9-10,14H,4-5,7-8H2,1H3;2*1H. The van der Waals surface area contributed by atoms with Gasteiger partial charge in [-0.15, -0.1) is 36.2 Å². The maximum atomic E-state index is 5.53. The van der Waals surface area contributed by atoms with Gasteiger partial charge in [-0.2, -0.15) is 0 Å². The molecule has 0 spiro atoms. The fourth-order valence-corrected chi connectivity index (χ4v) is 2.93. The Morgan fingerprint density at radius 2 is 2.35 bits per heavy atom. The second kappa shape index (κ2) is 8.00. The van der Waals surface area contributed by atoms with Gasteiger partial charge in [-0.1, -0.05) is 6.07 Å². The Morgan fingerprint density at radius 3 is 3.05 bits per heavy atom. The quantitative estimate of drug-likeness (QED) is 0.935. The van der Waals surface area contributed by atoms with Crippen LogP contribution in [-0.4, -0.2) is 35.6 Å². The largest absolute Gasteiger partial charge is 0.444 e. The summed E-state index contributed by atoms with van der Waals surface area (Å²) in [5.74, 6) is 0.739. The van der Waals surface area contributed by atoms with Crippen molar-refractivity contribution in [3.63, 3.8) is 0 Å². The van der Waals surface area contributed by atoms with E-state index in [9.17, 15) is 0 Å². The number of oxazole rings is 1. The Hall–Kier alpha value is -0.590. The summed E-state index contributed by atoms with van der Waals surface area (Å²) in [6.07, 6.45) is 1.78. The van der Waals surface area contributed by atoms with Gasteiger partial charge in [0, 0.05) is 32.2 Å². The van der Waals surface area contributed by atoms with Gasteiger partial charge in [-0.05, 0) is 18.4 Å². The highest BCUT2D eigenvalue weighted by molar-refractivity contribution is 7.13. The minimum absolute atomic E-state index is 0. The second-order valence-electron chi connectivity index (χ2n) is 4.71. The predicted molar refractivity (Wildman–Crippen MR) is 87.1 cm³/mol. The number of nitrogens with zero attached hydrogens (tertiary/aromatic N) is 2. The molecule has 3 heterocycles. The zero-order valence-corrected chi connectivity index (χ0v) is 13.7. The van der Waals surface area contributed by atoms with E-state index in [-0.39, 0.29) is 24.8 Å². The van der Waals surface area contributed by atoms with Crippen molar-refractivity contribution in [1.29, 1.82) is 0 Å². The van der Waals surface area contributed by atoms with Crippen molar-refractivity contribution >= 4 is 36.2 Å². The zero-order valence-electron chi connectivity index (χ0n) is 11.2. The predicted octanol–water partition coefficient (Wildman–Crippen LogP) is 3.04. The zero-order chi connectivity index (χ0) is 12.4. The SMILES string of the molecule is CC1CN(Cc2coc(-c3cccs3)n2)CCN1.Cl.Cl. The van der Waals surface area contributed by atoms with Gasteiger partial charge < -0.3 is 9.73 Å². The normalized spacial score (nSPS) is 19.1. The van der Waals surface area contributed by atoms with Crippen molar-refractivity contribution in [1.82, 2.24) is 15.2 Å². The minimum Gasteiger partial charge on any atom is -0.444 e. The van der Waals surface area contributed by atoms with Crippen LogP contribution in [0, 0.1) is 0 Å². The highest BCUT2D eigenvalue weighted by Crippen LogP contribution is 2.24. The van der Waals surface area contributed by atoms with Crippen LogP contribution in [0.1, 0.15) is 12.6 Å². The van der Waals surface area contributed by atoms with Crippen LogP contribution in [0.3, 0.4) is 0 Å². The molecule has 0 saturated carbocycles. The number of halogens is 2. The highest BCUT2D eigenvalue weighted by Gasteiger charge is 2.17. The summed E-state index contributed by atoms with van der Waals surface area (Å²) in [6.45, 7) is 6.29. The van der Waals surface area contributed by atoms with Crippen molar-refractivity contribution < 1.29 is 4.42 Å². The van der Waals surface area contributed by atoms with E-state index in [2.05, 4.69) is 22.1 Å². The van der Waals surface area contributed by atoms with Crippen molar-refractivity contribution in [2.75, 3.05) is 19.6 Å². The smallest absolute Gasteiger partial charge is 0.236 e. The van der Waals surface area contributed by atoms with Crippen LogP contribution < -0.4 is 5.32 Å². The fourth-order valence-electron chi connectivity index (χ4n) is 2.28. The third-order valence-corrected chi connectivity index (χ3v) is 3.98. The average molecular weight is 336 g/mol. The Labute approximate surface area is 135 Å². The van der Waals surface area contributed by atoms with Crippen LogP contribution in [0.15, 0.2) is 28.2 Å². The molecular formula is C13H19Cl2N3OS. The molecule has 1 aliphatic heterocycles. The number of aromatic nitrogens is 1. The van der Waals surface area contributed by atoms with Crippen LogP contribution in [0.2, 0.25) is 0 Å². The maximum absolute atomic E-state index is 5.53. The fraction of sp³-hybridized carbons (Fsp3) is 0.462. The molecule has 1 fully saturated rings. The van der Waals surface area contributed by atoms with Crippen LogP contribution in [0.25, 0.3) is 10.8 Å². The molecular weight excluding hydrogens is 317 g/mol. The van der Waals surface area contributed by atoms with E-state index in [1.165, 1.54) is 0 Å². The summed E-state index contributed by atoms with van der Waals surface area (Å²) in [6, 6.07) is 4.61. The first kappa shape index (κ1) is 17.5. The van der Waals surface area contributed by atoms with Crippen LogP contribution in [0.5, 0.6) is 0 Å². The van der Waals surface area contributed by atoms with Gasteiger partial charge in [0.05, 0.1) is 10.6 Å². The molecule has 1 N–H and O–H groups in total. The number of rotatable bonds is 3. The molecule has 1 atom stereocenters. The Kier molecular flexibility index (Phi) is 6.99. The molecule has 7 heteroatoms. The summed E-state index contributed by atoms with van der Waals surface area (Å²) in [5, 5.41) is 5.48. The van der Waals surface area contributed by atoms with E-state index in [0.717, 1.165) is 42.6 Å². The van der Waals surface area contributed by atoms with E-state index >= 15 is 0 Å². The first-order valence-corrected chi connectivity index (χ1v) is 7.13. The molecule has 1 saturated heterocycles. The third-order valence-electron chi connectivity index (χ3n) is 3.12. The number of hydrogen-bond acceptors (Lipinski definition) is 5. The lowest BCUT2D eigenvalue weighted by atomic mass is 10.2. The Bertz CT molecular complexity index is 503. The van der Waals surface area contributed by atoms with Gasteiger partial charge in [0.25, 0.3) is 0 Å². The maximum Gasteiger partial charge on any atom is 0.236 e. The number of nitrogens with one attached hydrogen (secondary N) is 1. The van der Waals surface area contributed by atoms with E-state index in [0.29, 0.717) is 6.04 Å². The van der Waals surface area contributed by atoms with E-state index in [1.54, 1.807) is 17.6 Å². The molecule has 112 valence electrons. The van der Waals surface area contributed by atoms with Crippen molar-refractivity contribution in [3.05, 3.63) is 29.5 Å². The third kappa shape index (κ3) is 4.20. The van der Waals surface area contributed by atoms with E-state index in [4.69, 9.17) is 4.42 Å². The summed E-state index contributed by atoms with van der Waals surface area (Å²) >= 11 is 1.66.